The molecule has 1 aromatic heterocycles. The Kier molecular flexibility index (Phi) is 5.51. The molecule has 0 radical (unpaired) electrons. The summed E-state index contributed by atoms with van der Waals surface area (Å²) < 4.78 is 23.9. The van der Waals surface area contributed by atoms with Crippen molar-refractivity contribution in [3.8, 4) is 23.0 Å². The summed E-state index contributed by atoms with van der Waals surface area (Å²) in [5, 5.41) is 7.03. The first-order chi connectivity index (χ1) is 14.2. The number of aromatic nitrogens is 2. The van der Waals surface area contributed by atoms with Crippen molar-refractivity contribution < 1.29 is 23.7 Å². The number of benzene rings is 2. The zero-order chi connectivity index (χ0) is 20.1. The Morgan fingerprint density at radius 3 is 2.72 bits per heavy atom. The highest BCUT2D eigenvalue weighted by molar-refractivity contribution is 5.91. The van der Waals surface area contributed by atoms with Crippen LogP contribution in [0.4, 0.5) is 5.69 Å². The Morgan fingerprint density at radius 2 is 1.93 bits per heavy atom. The van der Waals surface area contributed by atoms with Gasteiger partial charge in [0.1, 0.15) is 18.1 Å². The van der Waals surface area contributed by atoms with Crippen LogP contribution in [-0.2, 0) is 11.3 Å². The number of ether oxygens (including phenoxy) is 4. The Bertz CT molecular complexity index is 970. The number of hydrogen-bond acceptors (Lipinski definition) is 6. The van der Waals surface area contributed by atoms with Crippen LogP contribution in [0.2, 0.25) is 0 Å². The maximum absolute atomic E-state index is 12.1. The molecule has 0 bridgehead atoms. The number of amides is 1. The van der Waals surface area contributed by atoms with Crippen LogP contribution < -0.4 is 24.3 Å². The molecule has 8 nitrogen and oxygen atoms in total. The Hall–Kier alpha value is -3.68. The quantitative estimate of drug-likeness (QED) is 0.662. The summed E-state index contributed by atoms with van der Waals surface area (Å²) in [6, 6.07) is 14.6. The van der Waals surface area contributed by atoms with E-state index in [1.54, 1.807) is 48.5 Å². The van der Waals surface area contributed by atoms with Crippen LogP contribution in [0.15, 0.2) is 60.9 Å². The molecule has 8 heteroatoms. The maximum Gasteiger partial charge on any atom is 0.262 e. The lowest BCUT2D eigenvalue weighted by molar-refractivity contribution is -0.118. The van der Waals surface area contributed by atoms with Crippen molar-refractivity contribution in [2.24, 2.45) is 0 Å². The molecule has 1 aliphatic rings. The highest BCUT2D eigenvalue weighted by atomic mass is 16.6. The molecule has 2 heterocycles. The van der Waals surface area contributed by atoms with Gasteiger partial charge in [-0.3, -0.25) is 9.48 Å². The lowest BCUT2D eigenvalue weighted by Crippen LogP contribution is -2.33. The van der Waals surface area contributed by atoms with Crippen molar-refractivity contribution in [1.82, 2.24) is 9.78 Å². The van der Waals surface area contributed by atoms with E-state index in [2.05, 4.69) is 10.4 Å². The number of methoxy groups -OCH3 is 1. The number of carbonyl (C=O) groups is 1. The number of para-hydroxylation sites is 2. The summed E-state index contributed by atoms with van der Waals surface area (Å²) in [5.74, 6) is 2.51. The number of rotatable bonds is 7. The monoisotopic (exact) mass is 395 g/mol. The zero-order valence-corrected chi connectivity index (χ0v) is 15.9. The van der Waals surface area contributed by atoms with E-state index in [0.29, 0.717) is 24.6 Å². The highest BCUT2D eigenvalue weighted by Gasteiger charge is 2.21. The predicted molar refractivity (Wildman–Crippen MR) is 106 cm³/mol. The first-order valence-corrected chi connectivity index (χ1v) is 9.17. The van der Waals surface area contributed by atoms with Gasteiger partial charge in [-0.25, -0.2) is 0 Å². The van der Waals surface area contributed by atoms with Crippen LogP contribution in [-0.4, -0.2) is 42.1 Å². The average Bonchev–Trinajstić information content (AvgIpc) is 3.19. The van der Waals surface area contributed by atoms with Crippen molar-refractivity contribution >= 4 is 11.6 Å². The minimum absolute atomic E-state index is 0.103. The van der Waals surface area contributed by atoms with Crippen LogP contribution >= 0.6 is 0 Å². The fraction of sp³-hybridized carbons (Fsp3) is 0.238. The molecular formula is C21H21N3O5. The van der Waals surface area contributed by atoms with E-state index < -0.39 is 0 Å². The van der Waals surface area contributed by atoms with E-state index in [1.165, 1.54) is 0 Å². The summed E-state index contributed by atoms with van der Waals surface area (Å²) in [4.78, 5) is 12.1. The molecular weight excluding hydrogens is 374 g/mol. The van der Waals surface area contributed by atoms with Gasteiger partial charge in [-0.2, -0.15) is 5.10 Å². The molecule has 0 fully saturated rings. The summed E-state index contributed by atoms with van der Waals surface area (Å²) in [5.41, 5.74) is 0.588. The second kappa shape index (κ2) is 8.55. The highest BCUT2D eigenvalue weighted by Crippen LogP contribution is 2.31. The van der Waals surface area contributed by atoms with Crippen LogP contribution in [0.1, 0.15) is 0 Å². The van der Waals surface area contributed by atoms with Gasteiger partial charge in [-0.15, -0.1) is 0 Å². The number of fused-ring (bicyclic) bond motifs is 1. The third-order valence-electron chi connectivity index (χ3n) is 4.30. The second-order valence-corrected chi connectivity index (χ2v) is 6.46. The van der Waals surface area contributed by atoms with Crippen molar-refractivity contribution in [1.29, 1.82) is 0 Å². The second-order valence-electron chi connectivity index (χ2n) is 6.46. The van der Waals surface area contributed by atoms with Gasteiger partial charge in [0, 0.05) is 6.20 Å². The van der Waals surface area contributed by atoms with Gasteiger partial charge in [-0.05, 0) is 36.4 Å². The Balaban J connectivity index is 1.26. The fourth-order valence-electron chi connectivity index (χ4n) is 2.91. The molecule has 4 rings (SSSR count). The van der Waals surface area contributed by atoms with Gasteiger partial charge in [0.05, 0.1) is 25.5 Å². The molecule has 29 heavy (non-hydrogen) atoms. The lowest BCUT2D eigenvalue weighted by atomic mass is 10.2. The molecule has 1 amide bonds. The normalized spacial score (nSPS) is 14.9. The molecule has 1 atom stereocenters. The van der Waals surface area contributed by atoms with Gasteiger partial charge in [0.25, 0.3) is 5.91 Å². The van der Waals surface area contributed by atoms with E-state index in [1.807, 2.05) is 24.3 Å². The maximum atomic E-state index is 12.1. The number of nitrogens with one attached hydrogen (secondary N) is 1. The summed E-state index contributed by atoms with van der Waals surface area (Å²) in [6.45, 7) is 0.842. The Morgan fingerprint density at radius 1 is 1.17 bits per heavy atom. The summed E-state index contributed by atoms with van der Waals surface area (Å²) in [7, 11) is 1.59. The largest absolute Gasteiger partial charge is 0.497 e. The molecule has 3 aromatic rings. The molecule has 0 aliphatic carbocycles. The van der Waals surface area contributed by atoms with E-state index in [4.69, 9.17) is 18.9 Å². The number of nitrogens with zero attached hydrogens (tertiary/aromatic N) is 2. The molecule has 1 N–H and O–H groups in total. The minimum atomic E-state index is -0.272. The molecule has 1 unspecified atom stereocenters. The number of carbonyl (C=O) groups excluding carboxylic acids is 1. The van der Waals surface area contributed by atoms with Crippen molar-refractivity contribution in [2.75, 3.05) is 25.6 Å². The van der Waals surface area contributed by atoms with Crippen molar-refractivity contribution in [2.45, 2.75) is 12.6 Å². The first-order valence-electron chi connectivity index (χ1n) is 9.17. The fourth-order valence-corrected chi connectivity index (χ4v) is 2.91. The van der Waals surface area contributed by atoms with Gasteiger partial charge < -0.3 is 24.3 Å². The molecule has 0 saturated heterocycles. The van der Waals surface area contributed by atoms with Gasteiger partial charge in [-0.1, -0.05) is 12.1 Å². The van der Waals surface area contributed by atoms with Crippen LogP contribution in [0.3, 0.4) is 0 Å². The third kappa shape index (κ3) is 4.78. The number of anilines is 1. The average molecular weight is 395 g/mol. The van der Waals surface area contributed by atoms with Crippen molar-refractivity contribution in [3.05, 3.63) is 60.9 Å². The first kappa shape index (κ1) is 18.7. The smallest absolute Gasteiger partial charge is 0.262 e. The van der Waals surface area contributed by atoms with Crippen molar-refractivity contribution in [3.63, 3.8) is 0 Å². The Labute approximate surface area is 168 Å². The molecule has 2 aromatic carbocycles. The predicted octanol–water partition coefficient (Wildman–Crippen LogP) is 2.75. The molecule has 1 aliphatic heterocycles. The SMILES string of the molecule is COc1ccc(OCC(=O)Nc2cnn(CC3COc4ccccc4O3)c2)cc1. The molecule has 0 saturated carbocycles. The molecule has 150 valence electrons. The number of hydrogen-bond donors (Lipinski definition) is 1. The summed E-state index contributed by atoms with van der Waals surface area (Å²) in [6.07, 6.45) is 3.17. The van der Waals surface area contributed by atoms with Crippen LogP contribution in [0.5, 0.6) is 23.0 Å². The van der Waals surface area contributed by atoms with Crippen LogP contribution in [0.25, 0.3) is 0 Å². The van der Waals surface area contributed by atoms with E-state index in [0.717, 1.165) is 17.2 Å². The van der Waals surface area contributed by atoms with E-state index in [9.17, 15) is 4.79 Å². The third-order valence-corrected chi connectivity index (χ3v) is 4.30. The topological polar surface area (TPSA) is 83.8 Å². The van der Waals surface area contributed by atoms with E-state index >= 15 is 0 Å². The van der Waals surface area contributed by atoms with E-state index in [-0.39, 0.29) is 18.6 Å². The van der Waals surface area contributed by atoms with Gasteiger partial charge in [0.15, 0.2) is 24.2 Å². The lowest BCUT2D eigenvalue weighted by Gasteiger charge is -2.26. The minimum Gasteiger partial charge on any atom is -0.497 e. The van der Waals surface area contributed by atoms with Crippen LogP contribution in [0, 0.1) is 0 Å². The summed E-state index contributed by atoms with van der Waals surface area (Å²) >= 11 is 0. The zero-order valence-electron chi connectivity index (χ0n) is 15.9. The molecule has 0 spiro atoms. The van der Waals surface area contributed by atoms with Gasteiger partial charge >= 0.3 is 0 Å². The standard InChI is InChI=1S/C21H21N3O5/c1-26-16-6-8-17(9-7-16)27-14-21(25)23-15-10-22-24(11-15)12-18-13-28-19-4-2-3-5-20(19)29-18/h2-11,18H,12-14H2,1H3,(H,23,25). The van der Waals surface area contributed by atoms with Gasteiger partial charge in [0.2, 0.25) is 0 Å².